The van der Waals surface area contributed by atoms with Gasteiger partial charge in [0.25, 0.3) is 0 Å². The van der Waals surface area contributed by atoms with Crippen LogP contribution in [0.1, 0.15) is 21.6 Å². The summed E-state index contributed by atoms with van der Waals surface area (Å²) in [6.07, 6.45) is 1.72. The number of carbonyl (C=O) groups is 1. The molecule has 0 fully saturated rings. The number of nitro groups is 1. The van der Waals surface area contributed by atoms with Gasteiger partial charge in [-0.3, -0.25) is 19.9 Å². The molecule has 0 saturated heterocycles. The van der Waals surface area contributed by atoms with Crippen LogP contribution in [0.2, 0.25) is 0 Å². The van der Waals surface area contributed by atoms with Gasteiger partial charge in [0.1, 0.15) is 0 Å². The van der Waals surface area contributed by atoms with Crippen LogP contribution in [0.5, 0.6) is 5.75 Å². The van der Waals surface area contributed by atoms with Crippen molar-refractivity contribution >= 4 is 11.5 Å². The number of carbonyl (C=O) groups excluding carboxylic acids is 1. The molecule has 1 aromatic heterocycles. The van der Waals surface area contributed by atoms with Gasteiger partial charge in [-0.15, -0.1) is 0 Å². The smallest absolute Gasteiger partial charge is 0.311 e. The SMILES string of the molecule is COc1ccc(C(=O)Cc2ncccc2C)cc1[N+](=O)[O-]. The zero-order valence-corrected chi connectivity index (χ0v) is 11.7. The standard InChI is InChI=1S/C15H14N2O4/c1-10-4-3-7-16-12(10)9-14(18)11-5-6-15(21-2)13(8-11)17(19)20/h3-8H,9H2,1-2H3. The lowest BCUT2D eigenvalue weighted by Gasteiger charge is -2.06. The van der Waals surface area contributed by atoms with E-state index in [0.29, 0.717) is 5.69 Å². The Morgan fingerprint density at radius 3 is 2.76 bits per heavy atom. The number of hydrogen-bond donors (Lipinski definition) is 0. The molecule has 0 N–H and O–H groups in total. The minimum Gasteiger partial charge on any atom is -0.490 e. The molecule has 6 heteroatoms. The molecule has 1 aromatic carbocycles. The van der Waals surface area contributed by atoms with E-state index < -0.39 is 4.92 Å². The first-order valence-electron chi connectivity index (χ1n) is 6.29. The molecule has 0 bridgehead atoms. The Kier molecular flexibility index (Phi) is 4.27. The quantitative estimate of drug-likeness (QED) is 0.479. The Bertz CT molecular complexity index is 698. The molecule has 2 aromatic rings. The number of methoxy groups -OCH3 is 1. The number of rotatable bonds is 5. The monoisotopic (exact) mass is 286 g/mol. The fraction of sp³-hybridized carbons (Fsp3) is 0.200. The molecule has 0 radical (unpaired) electrons. The molecule has 0 amide bonds. The molecule has 0 saturated carbocycles. The number of nitrogens with zero attached hydrogens (tertiary/aromatic N) is 2. The molecule has 1 heterocycles. The third kappa shape index (κ3) is 3.22. The third-order valence-corrected chi connectivity index (χ3v) is 3.14. The predicted octanol–water partition coefficient (Wildman–Crippen LogP) is 2.73. The van der Waals surface area contributed by atoms with E-state index in [9.17, 15) is 14.9 Å². The minimum atomic E-state index is -0.568. The van der Waals surface area contributed by atoms with E-state index in [-0.39, 0.29) is 29.2 Å². The number of benzene rings is 1. The zero-order valence-electron chi connectivity index (χ0n) is 11.7. The molecule has 0 atom stereocenters. The van der Waals surface area contributed by atoms with Crippen LogP contribution in [-0.2, 0) is 6.42 Å². The average molecular weight is 286 g/mol. The highest BCUT2D eigenvalue weighted by molar-refractivity contribution is 5.98. The van der Waals surface area contributed by atoms with Crippen LogP contribution in [0.4, 0.5) is 5.69 Å². The number of ether oxygens (including phenoxy) is 1. The largest absolute Gasteiger partial charge is 0.490 e. The lowest BCUT2D eigenvalue weighted by Crippen LogP contribution is -2.07. The van der Waals surface area contributed by atoms with Gasteiger partial charge in [0.05, 0.1) is 24.1 Å². The maximum Gasteiger partial charge on any atom is 0.311 e. The number of nitro benzene ring substituents is 1. The van der Waals surface area contributed by atoms with Crippen LogP contribution < -0.4 is 4.74 Å². The van der Waals surface area contributed by atoms with Crippen molar-refractivity contribution in [2.24, 2.45) is 0 Å². The second-order valence-electron chi connectivity index (χ2n) is 4.51. The van der Waals surface area contributed by atoms with Crippen molar-refractivity contribution in [3.05, 3.63) is 63.5 Å². The van der Waals surface area contributed by atoms with Crippen molar-refractivity contribution in [3.8, 4) is 5.75 Å². The Morgan fingerprint density at radius 2 is 2.14 bits per heavy atom. The van der Waals surface area contributed by atoms with Crippen molar-refractivity contribution in [1.29, 1.82) is 0 Å². The molecule has 0 aliphatic heterocycles. The van der Waals surface area contributed by atoms with Gasteiger partial charge in [0.2, 0.25) is 0 Å². The lowest BCUT2D eigenvalue weighted by atomic mass is 10.0. The molecule has 108 valence electrons. The highest BCUT2D eigenvalue weighted by atomic mass is 16.6. The Labute approximate surface area is 121 Å². The number of ketones is 1. The van der Waals surface area contributed by atoms with E-state index >= 15 is 0 Å². The lowest BCUT2D eigenvalue weighted by molar-refractivity contribution is -0.385. The summed E-state index contributed by atoms with van der Waals surface area (Å²) >= 11 is 0. The summed E-state index contributed by atoms with van der Waals surface area (Å²) in [6, 6.07) is 7.84. The van der Waals surface area contributed by atoms with Gasteiger partial charge in [-0.05, 0) is 30.7 Å². The van der Waals surface area contributed by atoms with Crippen LogP contribution in [0.15, 0.2) is 36.5 Å². The van der Waals surface area contributed by atoms with Crippen molar-refractivity contribution in [2.45, 2.75) is 13.3 Å². The Balaban J connectivity index is 2.30. The summed E-state index contributed by atoms with van der Waals surface area (Å²) in [5, 5.41) is 11.0. The van der Waals surface area contributed by atoms with Crippen LogP contribution in [-0.4, -0.2) is 22.8 Å². The number of Topliss-reactive ketones (excluding diaryl/α,β-unsaturated/α-hetero) is 1. The number of aryl methyl sites for hydroxylation is 1. The molecule has 6 nitrogen and oxygen atoms in total. The topological polar surface area (TPSA) is 82.3 Å². The van der Waals surface area contributed by atoms with Crippen molar-refractivity contribution in [2.75, 3.05) is 7.11 Å². The van der Waals surface area contributed by atoms with E-state index in [4.69, 9.17) is 4.74 Å². The second-order valence-corrected chi connectivity index (χ2v) is 4.51. The van der Waals surface area contributed by atoms with Crippen molar-refractivity contribution in [1.82, 2.24) is 4.98 Å². The summed E-state index contributed by atoms with van der Waals surface area (Å²) in [4.78, 5) is 26.8. The fourth-order valence-electron chi connectivity index (χ4n) is 1.96. The van der Waals surface area contributed by atoms with Gasteiger partial charge in [-0.2, -0.15) is 0 Å². The first-order valence-corrected chi connectivity index (χ1v) is 6.29. The van der Waals surface area contributed by atoms with Gasteiger partial charge < -0.3 is 4.74 Å². The van der Waals surface area contributed by atoms with E-state index in [1.54, 1.807) is 12.3 Å². The molecule has 0 unspecified atom stereocenters. The van der Waals surface area contributed by atoms with Gasteiger partial charge in [-0.1, -0.05) is 6.07 Å². The molecule has 2 rings (SSSR count). The average Bonchev–Trinajstić information content (AvgIpc) is 2.48. The Hall–Kier alpha value is -2.76. The van der Waals surface area contributed by atoms with E-state index in [2.05, 4.69) is 4.98 Å². The van der Waals surface area contributed by atoms with Gasteiger partial charge in [-0.25, -0.2) is 0 Å². The van der Waals surface area contributed by atoms with Crippen LogP contribution in [0, 0.1) is 17.0 Å². The van der Waals surface area contributed by atoms with Crippen LogP contribution >= 0.6 is 0 Å². The maximum atomic E-state index is 12.2. The first kappa shape index (κ1) is 14.6. The second kappa shape index (κ2) is 6.13. The number of hydrogen-bond acceptors (Lipinski definition) is 5. The Morgan fingerprint density at radius 1 is 1.38 bits per heavy atom. The van der Waals surface area contributed by atoms with Crippen molar-refractivity contribution in [3.63, 3.8) is 0 Å². The molecule has 0 spiro atoms. The van der Waals surface area contributed by atoms with Crippen LogP contribution in [0.25, 0.3) is 0 Å². The van der Waals surface area contributed by atoms with Crippen LogP contribution in [0.3, 0.4) is 0 Å². The maximum absolute atomic E-state index is 12.2. The van der Waals surface area contributed by atoms with Gasteiger partial charge >= 0.3 is 5.69 Å². The first-order chi connectivity index (χ1) is 10.0. The number of pyridine rings is 1. The molecule has 21 heavy (non-hydrogen) atoms. The zero-order chi connectivity index (χ0) is 15.4. The van der Waals surface area contributed by atoms with E-state index in [0.717, 1.165) is 5.56 Å². The van der Waals surface area contributed by atoms with E-state index in [1.807, 2.05) is 13.0 Å². The third-order valence-electron chi connectivity index (χ3n) is 3.14. The highest BCUT2D eigenvalue weighted by Gasteiger charge is 2.18. The molecular weight excluding hydrogens is 272 g/mol. The predicted molar refractivity (Wildman–Crippen MR) is 76.7 cm³/mol. The summed E-state index contributed by atoms with van der Waals surface area (Å²) in [7, 11) is 1.35. The number of aromatic nitrogens is 1. The minimum absolute atomic E-state index is 0.107. The summed E-state index contributed by atoms with van der Waals surface area (Å²) in [5.41, 5.74) is 1.63. The van der Waals surface area contributed by atoms with E-state index in [1.165, 1.54) is 25.3 Å². The normalized spacial score (nSPS) is 10.2. The molecule has 0 aliphatic carbocycles. The summed E-state index contributed by atoms with van der Waals surface area (Å²) in [5.74, 6) is -0.0897. The summed E-state index contributed by atoms with van der Waals surface area (Å²) in [6.45, 7) is 1.87. The highest BCUT2D eigenvalue weighted by Crippen LogP contribution is 2.28. The fourth-order valence-corrected chi connectivity index (χ4v) is 1.96. The van der Waals surface area contributed by atoms with Crippen molar-refractivity contribution < 1.29 is 14.5 Å². The molecule has 0 aliphatic rings. The summed E-state index contributed by atoms with van der Waals surface area (Å²) < 4.78 is 4.91. The van der Waals surface area contributed by atoms with Gasteiger partial charge in [0, 0.05) is 17.8 Å². The molecular formula is C15H14N2O4. The van der Waals surface area contributed by atoms with Gasteiger partial charge in [0.15, 0.2) is 11.5 Å².